The lowest BCUT2D eigenvalue weighted by atomic mass is 10.1. The minimum atomic E-state index is -0.261. The van der Waals surface area contributed by atoms with E-state index in [1.807, 2.05) is 32.9 Å². The Morgan fingerprint density at radius 2 is 1.90 bits per heavy atom. The molecule has 3 aromatic rings. The monoisotopic (exact) mass is 428 g/mol. The molecule has 3 heterocycles. The standard InChI is InChI=1S/C21H28N6O4/c1-21(2,3)27-19(23-24-25-27)13-26(5-4-6-28)12-15-9-14-10-17-18(31-8-7-30-17)11-16(14)22-20(15)29/h9-11,28H,4-8,12-13H2,1-3H3,(H,22,29). The number of aliphatic hydroxyl groups excluding tert-OH is 1. The van der Waals surface area contributed by atoms with Crippen LogP contribution in [0.3, 0.4) is 0 Å². The first-order valence-corrected chi connectivity index (χ1v) is 10.4. The van der Waals surface area contributed by atoms with Crippen LogP contribution in [0.15, 0.2) is 23.0 Å². The van der Waals surface area contributed by atoms with Gasteiger partial charge in [0.05, 0.1) is 17.6 Å². The number of pyridine rings is 1. The molecule has 10 nitrogen and oxygen atoms in total. The van der Waals surface area contributed by atoms with Crippen molar-refractivity contribution in [2.24, 2.45) is 0 Å². The number of aliphatic hydroxyl groups is 1. The van der Waals surface area contributed by atoms with Crippen molar-refractivity contribution in [3.8, 4) is 11.5 Å². The van der Waals surface area contributed by atoms with Crippen LogP contribution < -0.4 is 15.0 Å². The van der Waals surface area contributed by atoms with Gasteiger partial charge in [-0.25, -0.2) is 4.68 Å². The summed E-state index contributed by atoms with van der Waals surface area (Å²) in [6, 6.07) is 5.57. The molecule has 0 fully saturated rings. The Labute approximate surface area is 179 Å². The Kier molecular flexibility index (Phi) is 5.92. The number of fused-ring (bicyclic) bond motifs is 2. The minimum absolute atomic E-state index is 0.0677. The van der Waals surface area contributed by atoms with Gasteiger partial charge in [0.15, 0.2) is 17.3 Å². The topological polar surface area (TPSA) is 118 Å². The van der Waals surface area contributed by atoms with Crippen LogP contribution in [0.25, 0.3) is 10.9 Å². The van der Waals surface area contributed by atoms with Gasteiger partial charge in [-0.3, -0.25) is 9.69 Å². The summed E-state index contributed by atoms with van der Waals surface area (Å²) < 4.78 is 13.1. The zero-order valence-corrected chi connectivity index (χ0v) is 18.1. The van der Waals surface area contributed by atoms with Crippen LogP contribution in [-0.4, -0.2) is 61.6 Å². The number of benzene rings is 1. The lowest BCUT2D eigenvalue weighted by Gasteiger charge is -2.25. The fraction of sp³-hybridized carbons (Fsp3) is 0.524. The predicted octanol–water partition coefficient (Wildman–Crippen LogP) is 1.43. The summed E-state index contributed by atoms with van der Waals surface area (Å²) in [4.78, 5) is 17.8. The Hall–Kier alpha value is -2.98. The van der Waals surface area contributed by atoms with E-state index >= 15 is 0 Å². The molecule has 0 saturated heterocycles. The third-order valence-corrected chi connectivity index (χ3v) is 5.14. The first-order chi connectivity index (χ1) is 14.8. The SMILES string of the molecule is CC(C)(C)n1nnnc1CN(CCCO)Cc1cc2cc3c(cc2[nH]c1=O)OCCO3. The second kappa shape index (κ2) is 8.64. The molecule has 1 aliphatic rings. The van der Waals surface area contributed by atoms with Crippen molar-refractivity contribution in [2.45, 2.75) is 45.8 Å². The molecule has 2 N–H and O–H groups in total. The zero-order valence-electron chi connectivity index (χ0n) is 18.1. The first-order valence-electron chi connectivity index (χ1n) is 10.4. The van der Waals surface area contributed by atoms with Crippen molar-refractivity contribution in [1.29, 1.82) is 0 Å². The number of ether oxygens (including phenoxy) is 2. The molecule has 10 heteroatoms. The summed E-state index contributed by atoms with van der Waals surface area (Å²) in [6.45, 7) is 8.63. The van der Waals surface area contributed by atoms with E-state index in [1.165, 1.54) is 0 Å². The fourth-order valence-electron chi connectivity index (χ4n) is 3.68. The Balaban J connectivity index is 1.62. The van der Waals surface area contributed by atoms with Crippen LogP contribution in [0.2, 0.25) is 0 Å². The maximum absolute atomic E-state index is 12.8. The van der Waals surface area contributed by atoms with Gasteiger partial charge in [0, 0.05) is 36.7 Å². The van der Waals surface area contributed by atoms with Crippen LogP contribution in [0.5, 0.6) is 11.5 Å². The lowest BCUT2D eigenvalue weighted by Crippen LogP contribution is -2.32. The molecule has 0 aliphatic carbocycles. The summed E-state index contributed by atoms with van der Waals surface area (Å²) in [6.07, 6.45) is 0.585. The Bertz CT molecular complexity index is 1120. The highest BCUT2D eigenvalue weighted by Crippen LogP contribution is 2.33. The van der Waals surface area contributed by atoms with Gasteiger partial charge in [-0.15, -0.1) is 5.10 Å². The summed E-state index contributed by atoms with van der Waals surface area (Å²) in [5, 5.41) is 22.3. The minimum Gasteiger partial charge on any atom is -0.486 e. The van der Waals surface area contributed by atoms with Gasteiger partial charge in [-0.1, -0.05) is 0 Å². The van der Waals surface area contributed by atoms with Crippen LogP contribution in [-0.2, 0) is 18.6 Å². The molecule has 0 bridgehead atoms. The normalized spacial score (nSPS) is 13.8. The van der Waals surface area contributed by atoms with E-state index in [9.17, 15) is 9.90 Å². The van der Waals surface area contributed by atoms with Crippen LogP contribution in [0.1, 0.15) is 38.6 Å². The number of aromatic amines is 1. The van der Waals surface area contributed by atoms with Crippen LogP contribution in [0, 0.1) is 0 Å². The molecule has 31 heavy (non-hydrogen) atoms. The van der Waals surface area contributed by atoms with Crippen LogP contribution in [0.4, 0.5) is 0 Å². The summed E-state index contributed by atoms with van der Waals surface area (Å²) in [5.74, 6) is 2.03. The fourth-order valence-corrected chi connectivity index (χ4v) is 3.68. The third kappa shape index (κ3) is 4.70. The molecule has 2 aromatic heterocycles. The zero-order chi connectivity index (χ0) is 22.0. The summed E-state index contributed by atoms with van der Waals surface area (Å²) in [5.41, 5.74) is 0.908. The number of hydrogen-bond acceptors (Lipinski definition) is 8. The van der Waals surface area contributed by atoms with Crippen LogP contribution >= 0.6 is 0 Å². The molecule has 0 spiro atoms. The maximum atomic E-state index is 12.8. The number of hydrogen-bond donors (Lipinski definition) is 2. The first kappa shape index (κ1) is 21.3. The quantitative estimate of drug-likeness (QED) is 0.580. The van der Waals surface area contributed by atoms with E-state index in [2.05, 4.69) is 25.4 Å². The van der Waals surface area contributed by atoms with Gasteiger partial charge in [0.25, 0.3) is 5.56 Å². The van der Waals surface area contributed by atoms with Gasteiger partial charge in [-0.05, 0) is 49.8 Å². The highest BCUT2D eigenvalue weighted by Gasteiger charge is 2.22. The highest BCUT2D eigenvalue weighted by molar-refractivity contribution is 5.83. The molecule has 1 aromatic carbocycles. The van der Waals surface area contributed by atoms with E-state index in [-0.39, 0.29) is 17.7 Å². The molecule has 0 saturated carbocycles. The molecular weight excluding hydrogens is 400 g/mol. The highest BCUT2D eigenvalue weighted by atomic mass is 16.6. The molecule has 4 rings (SSSR count). The summed E-state index contributed by atoms with van der Waals surface area (Å²) in [7, 11) is 0. The molecule has 0 atom stereocenters. The van der Waals surface area contributed by atoms with Crippen molar-refractivity contribution in [3.63, 3.8) is 0 Å². The van der Waals surface area contributed by atoms with E-state index in [0.717, 1.165) is 5.39 Å². The van der Waals surface area contributed by atoms with Crippen molar-refractivity contribution in [1.82, 2.24) is 30.1 Å². The number of H-pyrrole nitrogens is 1. The number of nitrogens with one attached hydrogen (secondary N) is 1. The van der Waals surface area contributed by atoms with E-state index in [0.29, 0.717) is 67.7 Å². The predicted molar refractivity (Wildman–Crippen MR) is 114 cm³/mol. The van der Waals surface area contributed by atoms with Gasteiger partial charge in [0.2, 0.25) is 0 Å². The second-order valence-electron chi connectivity index (χ2n) is 8.67. The molecule has 0 amide bonds. The number of aromatic nitrogens is 5. The van der Waals surface area contributed by atoms with E-state index < -0.39 is 0 Å². The van der Waals surface area contributed by atoms with E-state index in [1.54, 1.807) is 10.7 Å². The molecule has 166 valence electrons. The Morgan fingerprint density at radius 3 is 2.61 bits per heavy atom. The van der Waals surface area contributed by atoms with E-state index in [4.69, 9.17) is 9.47 Å². The molecule has 0 radical (unpaired) electrons. The van der Waals surface area contributed by atoms with Gasteiger partial charge >= 0.3 is 0 Å². The van der Waals surface area contributed by atoms with Crippen molar-refractivity contribution >= 4 is 10.9 Å². The third-order valence-electron chi connectivity index (χ3n) is 5.14. The smallest absolute Gasteiger partial charge is 0.252 e. The average Bonchev–Trinajstić information content (AvgIpc) is 3.20. The molecular formula is C21H28N6O4. The average molecular weight is 428 g/mol. The van der Waals surface area contributed by atoms with Crippen molar-refractivity contribution < 1.29 is 14.6 Å². The Morgan fingerprint density at radius 1 is 1.16 bits per heavy atom. The number of tetrazole rings is 1. The molecule has 1 aliphatic heterocycles. The van der Waals surface area contributed by atoms with Gasteiger partial charge in [0.1, 0.15) is 13.2 Å². The van der Waals surface area contributed by atoms with Gasteiger partial charge < -0.3 is 19.6 Å². The second-order valence-corrected chi connectivity index (χ2v) is 8.67. The summed E-state index contributed by atoms with van der Waals surface area (Å²) >= 11 is 0. The lowest BCUT2D eigenvalue weighted by molar-refractivity contribution is 0.172. The number of nitrogens with zero attached hydrogens (tertiary/aromatic N) is 5. The van der Waals surface area contributed by atoms with Crippen molar-refractivity contribution in [2.75, 3.05) is 26.4 Å². The largest absolute Gasteiger partial charge is 0.486 e. The van der Waals surface area contributed by atoms with Crippen molar-refractivity contribution in [3.05, 3.63) is 39.9 Å². The molecule has 0 unspecified atom stereocenters. The van der Waals surface area contributed by atoms with Gasteiger partial charge in [-0.2, -0.15) is 0 Å². The maximum Gasteiger partial charge on any atom is 0.252 e. The number of rotatable bonds is 7.